The number of thiophene rings is 1. The fourth-order valence-corrected chi connectivity index (χ4v) is 2.74. The minimum atomic E-state index is -0.214. The second-order valence-electron chi connectivity index (χ2n) is 4.09. The predicted octanol–water partition coefficient (Wildman–Crippen LogP) is 4.61. The molecule has 1 aromatic heterocycles. The van der Waals surface area contributed by atoms with Gasteiger partial charge in [0.1, 0.15) is 5.82 Å². The lowest BCUT2D eigenvalue weighted by atomic mass is 10.2. The Balaban J connectivity index is 2.08. The average Bonchev–Trinajstić information content (AvgIpc) is 2.87. The Morgan fingerprint density at radius 1 is 1.11 bits per heavy atom. The molecule has 0 saturated heterocycles. The summed E-state index contributed by atoms with van der Waals surface area (Å²) in [6.07, 6.45) is 0. The molecule has 0 amide bonds. The van der Waals surface area contributed by atoms with Crippen LogP contribution in [0.5, 0.6) is 0 Å². The minimum Gasteiger partial charge on any atom is -0.344 e. The highest BCUT2D eigenvalue weighted by Crippen LogP contribution is 2.33. The first-order chi connectivity index (χ1) is 8.75. The van der Waals surface area contributed by atoms with Gasteiger partial charge in [-0.15, -0.1) is 11.3 Å². The number of fused-ring (bicyclic) bond motifs is 1. The zero-order chi connectivity index (χ0) is 12.5. The fourth-order valence-electron chi connectivity index (χ4n) is 2.01. The lowest BCUT2D eigenvalue weighted by molar-refractivity contribution is 0.628. The normalized spacial score (nSPS) is 10.8. The number of benzene rings is 2. The molecule has 3 heteroatoms. The van der Waals surface area contributed by atoms with Gasteiger partial charge in [0, 0.05) is 33.9 Å². The van der Waals surface area contributed by atoms with E-state index < -0.39 is 0 Å². The molecular formula is C15H11FNS. The van der Waals surface area contributed by atoms with Crippen LogP contribution < -0.4 is 4.90 Å². The van der Waals surface area contributed by atoms with Crippen LogP contribution in [-0.4, -0.2) is 7.05 Å². The van der Waals surface area contributed by atoms with Crippen LogP contribution in [0.15, 0.2) is 48.5 Å². The Bertz CT molecular complexity index is 672. The summed E-state index contributed by atoms with van der Waals surface area (Å²) < 4.78 is 14.1. The molecule has 0 aliphatic carbocycles. The zero-order valence-electron chi connectivity index (χ0n) is 9.85. The molecule has 0 fully saturated rings. The highest BCUT2D eigenvalue weighted by Gasteiger charge is 2.08. The van der Waals surface area contributed by atoms with Gasteiger partial charge in [-0.2, -0.15) is 0 Å². The van der Waals surface area contributed by atoms with E-state index in [1.54, 1.807) is 23.5 Å². The van der Waals surface area contributed by atoms with Crippen molar-refractivity contribution < 1.29 is 4.39 Å². The highest BCUT2D eigenvalue weighted by molar-refractivity contribution is 7.16. The van der Waals surface area contributed by atoms with Crippen molar-refractivity contribution in [2.45, 2.75) is 0 Å². The highest BCUT2D eigenvalue weighted by atomic mass is 32.1. The largest absolute Gasteiger partial charge is 0.344 e. The van der Waals surface area contributed by atoms with Gasteiger partial charge in [0.15, 0.2) is 0 Å². The molecule has 2 aromatic carbocycles. The number of anilines is 2. The van der Waals surface area contributed by atoms with Crippen molar-refractivity contribution in [2.75, 3.05) is 11.9 Å². The van der Waals surface area contributed by atoms with Crippen LogP contribution in [0.1, 0.15) is 0 Å². The number of halogens is 1. The molecule has 0 N–H and O–H groups in total. The van der Waals surface area contributed by atoms with Crippen LogP contribution >= 0.6 is 11.3 Å². The van der Waals surface area contributed by atoms with Gasteiger partial charge in [0.25, 0.3) is 0 Å². The summed E-state index contributed by atoms with van der Waals surface area (Å²) in [4.78, 5) is 2.06. The summed E-state index contributed by atoms with van der Waals surface area (Å²) in [5, 5.41) is 4.32. The average molecular weight is 256 g/mol. The quantitative estimate of drug-likeness (QED) is 0.647. The van der Waals surface area contributed by atoms with E-state index in [-0.39, 0.29) is 5.82 Å². The molecule has 89 valence electrons. The van der Waals surface area contributed by atoms with Gasteiger partial charge in [0.2, 0.25) is 0 Å². The molecule has 0 unspecified atom stereocenters. The first-order valence-corrected chi connectivity index (χ1v) is 6.45. The molecule has 0 atom stereocenters. The van der Waals surface area contributed by atoms with E-state index in [9.17, 15) is 4.39 Å². The summed E-state index contributed by atoms with van der Waals surface area (Å²) in [6, 6.07) is 14.7. The molecule has 1 radical (unpaired) electrons. The second-order valence-corrected chi connectivity index (χ2v) is 4.97. The summed E-state index contributed by atoms with van der Waals surface area (Å²) in [6.45, 7) is 0. The van der Waals surface area contributed by atoms with Gasteiger partial charge in [-0.25, -0.2) is 4.39 Å². The van der Waals surface area contributed by atoms with Crippen LogP contribution in [0.25, 0.3) is 10.1 Å². The first-order valence-electron chi connectivity index (χ1n) is 5.63. The van der Waals surface area contributed by atoms with E-state index in [0.717, 1.165) is 11.4 Å². The molecule has 0 saturated carbocycles. The molecule has 1 heterocycles. The summed E-state index contributed by atoms with van der Waals surface area (Å²) in [5.41, 5.74) is 2.08. The second kappa shape index (κ2) is 4.42. The van der Waals surface area contributed by atoms with E-state index in [0.29, 0.717) is 0 Å². The van der Waals surface area contributed by atoms with Gasteiger partial charge >= 0.3 is 0 Å². The summed E-state index contributed by atoms with van der Waals surface area (Å²) in [5.74, 6) is -0.214. The van der Waals surface area contributed by atoms with Crippen molar-refractivity contribution in [1.82, 2.24) is 0 Å². The topological polar surface area (TPSA) is 3.24 Å². The molecule has 0 aliphatic rings. The van der Waals surface area contributed by atoms with Crippen LogP contribution in [0.2, 0.25) is 0 Å². The number of nitrogens with zero attached hydrogens (tertiary/aromatic N) is 1. The third-order valence-corrected chi connectivity index (χ3v) is 3.80. The number of hydrogen-bond acceptors (Lipinski definition) is 2. The molecule has 0 bridgehead atoms. The molecular weight excluding hydrogens is 245 g/mol. The van der Waals surface area contributed by atoms with Gasteiger partial charge in [0.05, 0.1) is 0 Å². The zero-order valence-corrected chi connectivity index (χ0v) is 10.7. The Hall–Kier alpha value is -1.87. The van der Waals surface area contributed by atoms with Crippen molar-refractivity contribution >= 4 is 32.8 Å². The van der Waals surface area contributed by atoms with Crippen molar-refractivity contribution in [1.29, 1.82) is 0 Å². The van der Waals surface area contributed by atoms with Crippen molar-refractivity contribution in [2.24, 2.45) is 0 Å². The van der Waals surface area contributed by atoms with Crippen LogP contribution in [0.4, 0.5) is 15.8 Å². The molecule has 3 rings (SSSR count). The van der Waals surface area contributed by atoms with E-state index in [4.69, 9.17) is 0 Å². The Morgan fingerprint density at radius 2 is 1.89 bits per heavy atom. The standard InChI is InChI=1S/C15H11FNS/c1-17(12-7-5-11(16)6-8-12)14-3-2-4-15-13(14)9-10-18-15/h2-9H,1H3. The summed E-state index contributed by atoms with van der Waals surface area (Å²) >= 11 is 1.60. The van der Waals surface area contributed by atoms with E-state index in [1.807, 2.05) is 19.2 Å². The van der Waals surface area contributed by atoms with E-state index in [2.05, 4.69) is 22.4 Å². The third kappa shape index (κ3) is 1.87. The first kappa shape index (κ1) is 11.2. The lowest BCUT2D eigenvalue weighted by Crippen LogP contribution is -2.09. The fraction of sp³-hybridized carbons (Fsp3) is 0.0667. The Kier molecular flexibility index (Phi) is 2.76. The maximum Gasteiger partial charge on any atom is 0.123 e. The van der Waals surface area contributed by atoms with Crippen molar-refractivity contribution in [3.8, 4) is 0 Å². The van der Waals surface area contributed by atoms with Crippen molar-refractivity contribution in [3.63, 3.8) is 0 Å². The monoisotopic (exact) mass is 256 g/mol. The van der Waals surface area contributed by atoms with Crippen molar-refractivity contribution in [3.05, 3.63) is 59.7 Å². The van der Waals surface area contributed by atoms with Crippen LogP contribution in [0, 0.1) is 11.2 Å². The van der Waals surface area contributed by atoms with E-state index in [1.165, 1.54) is 22.2 Å². The lowest BCUT2D eigenvalue weighted by Gasteiger charge is -2.20. The number of rotatable bonds is 2. The van der Waals surface area contributed by atoms with Gasteiger partial charge in [-0.1, -0.05) is 6.07 Å². The molecule has 3 aromatic rings. The smallest absolute Gasteiger partial charge is 0.123 e. The third-order valence-electron chi connectivity index (χ3n) is 2.99. The van der Waals surface area contributed by atoms with Crippen LogP contribution in [-0.2, 0) is 0 Å². The molecule has 0 aliphatic heterocycles. The SMILES string of the molecule is CN(c1ccc(F)cc1)c1cccc2s[c]cc12. The maximum atomic E-state index is 12.9. The predicted molar refractivity (Wildman–Crippen MR) is 75.1 cm³/mol. The Labute approximate surface area is 109 Å². The minimum absolute atomic E-state index is 0.214. The maximum absolute atomic E-state index is 12.9. The summed E-state index contributed by atoms with van der Waals surface area (Å²) in [7, 11) is 1.99. The molecule has 0 spiro atoms. The number of hydrogen-bond donors (Lipinski definition) is 0. The molecule has 1 nitrogen and oxygen atoms in total. The van der Waals surface area contributed by atoms with Gasteiger partial charge in [-0.3, -0.25) is 0 Å². The van der Waals surface area contributed by atoms with Gasteiger partial charge < -0.3 is 4.90 Å². The van der Waals surface area contributed by atoms with Crippen LogP contribution in [0.3, 0.4) is 0 Å². The molecule has 18 heavy (non-hydrogen) atoms. The van der Waals surface area contributed by atoms with E-state index >= 15 is 0 Å². The van der Waals surface area contributed by atoms with Gasteiger partial charge in [-0.05, 0) is 42.5 Å². The Morgan fingerprint density at radius 3 is 2.67 bits per heavy atom.